The Labute approximate surface area is 157 Å². The lowest BCUT2D eigenvalue weighted by Gasteiger charge is -2.24. The molecule has 1 saturated heterocycles. The first-order valence-corrected chi connectivity index (χ1v) is 11.5. The van der Waals surface area contributed by atoms with E-state index in [2.05, 4.69) is 29.3 Å². The van der Waals surface area contributed by atoms with E-state index in [4.69, 9.17) is 0 Å². The van der Waals surface area contributed by atoms with Gasteiger partial charge < -0.3 is 5.32 Å². The molecule has 2 atom stereocenters. The van der Waals surface area contributed by atoms with Gasteiger partial charge in [0.15, 0.2) is 9.84 Å². The smallest absolute Gasteiger partial charge is 0.221 e. The van der Waals surface area contributed by atoms with Crippen molar-refractivity contribution < 1.29 is 13.2 Å². The minimum atomic E-state index is -3.12. The van der Waals surface area contributed by atoms with Gasteiger partial charge in [-0.25, -0.2) is 8.42 Å². The summed E-state index contributed by atoms with van der Waals surface area (Å²) in [6, 6.07) is 10.8. The summed E-state index contributed by atoms with van der Waals surface area (Å²) >= 11 is 0. The Morgan fingerprint density at radius 2 is 1.88 bits per heavy atom. The fraction of sp³-hybridized carbons (Fsp3) is 0.650. The van der Waals surface area contributed by atoms with Gasteiger partial charge in [-0.15, -0.1) is 0 Å². The summed E-state index contributed by atoms with van der Waals surface area (Å²) in [7, 11) is -3.12. The van der Waals surface area contributed by atoms with Crippen molar-refractivity contribution in [2.75, 3.05) is 18.8 Å². The average molecular weight is 379 g/mol. The maximum absolute atomic E-state index is 12.3. The molecule has 144 valence electrons. The number of nitrogens with one attached hydrogen (secondary N) is 1. The van der Waals surface area contributed by atoms with Crippen LogP contribution in [0, 0.1) is 0 Å². The van der Waals surface area contributed by atoms with Crippen LogP contribution in [0.4, 0.5) is 0 Å². The normalized spacial score (nSPS) is 23.2. The van der Waals surface area contributed by atoms with Crippen LogP contribution < -0.4 is 5.32 Å². The highest BCUT2D eigenvalue weighted by Crippen LogP contribution is 2.26. The molecule has 2 aliphatic rings. The van der Waals surface area contributed by atoms with E-state index in [0.29, 0.717) is 6.04 Å². The van der Waals surface area contributed by atoms with Gasteiger partial charge in [0.25, 0.3) is 0 Å². The molecule has 1 amide bonds. The Kier molecular flexibility index (Phi) is 6.35. The van der Waals surface area contributed by atoms with Crippen LogP contribution in [0.1, 0.15) is 57.1 Å². The Bertz CT molecular complexity index is 699. The van der Waals surface area contributed by atoms with Crippen molar-refractivity contribution in [1.29, 1.82) is 0 Å². The number of likely N-dealkylation sites (tertiary alicyclic amines) is 1. The molecule has 0 bridgehead atoms. The Morgan fingerprint density at radius 3 is 2.58 bits per heavy atom. The second kappa shape index (κ2) is 8.53. The number of carbonyl (C=O) groups is 1. The molecule has 1 aromatic carbocycles. The largest absolute Gasteiger partial charge is 0.352 e. The van der Waals surface area contributed by atoms with Crippen LogP contribution in [0.3, 0.4) is 0 Å². The Hall–Kier alpha value is -1.40. The third kappa shape index (κ3) is 4.86. The lowest BCUT2D eigenvalue weighted by molar-refractivity contribution is -0.121. The van der Waals surface area contributed by atoms with Crippen LogP contribution in [0.5, 0.6) is 0 Å². The lowest BCUT2D eigenvalue weighted by Crippen LogP contribution is -2.38. The second-order valence-electron chi connectivity index (χ2n) is 7.66. The number of nitrogens with zero attached hydrogens (tertiary/aromatic N) is 1. The molecule has 26 heavy (non-hydrogen) atoms. The number of carbonyl (C=O) groups excluding carboxylic acids is 1. The number of hydrogen-bond acceptors (Lipinski definition) is 4. The van der Waals surface area contributed by atoms with E-state index in [9.17, 15) is 13.2 Å². The summed E-state index contributed by atoms with van der Waals surface area (Å²) in [6.07, 6.45) is 4.51. The highest BCUT2D eigenvalue weighted by molar-refractivity contribution is 7.92. The van der Waals surface area contributed by atoms with Crippen LogP contribution in [-0.4, -0.2) is 49.4 Å². The summed E-state index contributed by atoms with van der Waals surface area (Å²) in [4.78, 5) is 14.6. The van der Waals surface area contributed by atoms with Crippen molar-refractivity contribution in [2.24, 2.45) is 0 Å². The summed E-state index contributed by atoms with van der Waals surface area (Å²) in [5.41, 5.74) is 1.28. The van der Waals surface area contributed by atoms with Gasteiger partial charge in [-0.3, -0.25) is 9.69 Å². The molecule has 3 rings (SSSR count). The van der Waals surface area contributed by atoms with Crippen LogP contribution >= 0.6 is 0 Å². The van der Waals surface area contributed by atoms with Gasteiger partial charge in [-0.2, -0.15) is 0 Å². The fourth-order valence-corrected chi connectivity index (χ4v) is 6.00. The van der Waals surface area contributed by atoms with E-state index in [1.54, 1.807) is 0 Å². The van der Waals surface area contributed by atoms with E-state index in [1.165, 1.54) is 5.56 Å². The predicted molar refractivity (Wildman–Crippen MR) is 104 cm³/mol. The summed E-state index contributed by atoms with van der Waals surface area (Å²) in [5, 5.41) is 2.81. The molecule has 1 saturated carbocycles. The first-order valence-electron chi connectivity index (χ1n) is 9.75. The van der Waals surface area contributed by atoms with Crippen molar-refractivity contribution in [2.45, 2.75) is 62.8 Å². The molecule has 2 fully saturated rings. The van der Waals surface area contributed by atoms with Crippen LogP contribution in [0.15, 0.2) is 30.3 Å². The highest BCUT2D eigenvalue weighted by Gasteiger charge is 2.30. The van der Waals surface area contributed by atoms with Crippen LogP contribution in [0.2, 0.25) is 0 Å². The third-order valence-corrected chi connectivity index (χ3v) is 8.10. The number of hydrogen-bond donors (Lipinski definition) is 1. The molecular formula is C20H30N2O3S. The molecule has 0 aromatic heterocycles. The summed E-state index contributed by atoms with van der Waals surface area (Å²) < 4.78 is 24.6. The molecule has 1 heterocycles. The zero-order chi connectivity index (χ0) is 18.6. The number of benzene rings is 1. The van der Waals surface area contributed by atoms with E-state index in [0.717, 1.165) is 45.2 Å². The number of amides is 1. The van der Waals surface area contributed by atoms with Crippen molar-refractivity contribution >= 4 is 15.7 Å². The lowest BCUT2D eigenvalue weighted by atomic mass is 10.1. The summed E-state index contributed by atoms with van der Waals surface area (Å²) in [6.45, 7) is 3.95. The molecule has 1 aliphatic heterocycles. The molecule has 1 N–H and O–H groups in total. The molecule has 0 radical (unpaired) electrons. The molecule has 6 heteroatoms. The van der Waals surface area contributed by atoms with E-state index >= 15 is 0 Å². The monoisotopic (exact) mass is 378 g/mol. The molecule has 1 aromatic rings. The Morgan fingerprint density at radius 1 is 1.19 bits per heavy atom. The molecule has 5 nitrogen and oxygen atoms in total. The van der Waals surface area contributed by atoms with Crippen molar-refractivity contribution in [3.63, 3.8) is 0 Å². The number of sulfone groups is 1. The Balaban J connectivity index is 1.44. The van der Waals surface area contributed by atoms with Gasteiger partial charge in [0.1, 0.15) is 0 Å². The van der Waals surface area contributed by atoms with Crippen LogP contribution in [-0.2, 0) is 14.6 Å². The zero-order valence-electron chi connectivity index (χ0n) is 15.6. The topological polar surface area (TPSA) is 66.5 Å². The van der Waals surface area contributed by atoms with Crippen molar-refractivity contribution in [1.82, 2.24) is 10.2 Å². The van der Waals surface area contributed by atoms with E-state index < -0.39 is 9.84 Å². The third-order valence-electron chi connectivity index (χ3n) is 5.84. The first kappa shape index (κ1) is 19.4. The molecular weight excluding hydrogens is 348 g/mol. The summed E-state index contributed by atoms with van der Waals surface area (Å²) in [5.74, 6) is -0.147. The zero-order valence-corrected chi connectivity index (χ0v) is 16.4. The van der Waals surface area contributed by atoms with Gasteiger partial charge in [0, 0.05) is 31.6 Å². The van der Waals surface area contributed by atoms with Crippen molar-refractivity contribution in [3.05, 3.63) is 35.9 Å². The van der Waals surface area contributed by atoms with Crippen molar-refractivity contribution in [3.8, 4) is 0 Å². The van der Waals surface area contributed by atoms with Crippen LogP contribution in [0.25, 0.3) is 0 Å². The standard InChI is InChI=1S/C20H30N2O3S/c1-16(17-7-3-2-4-8-17)22-13-11-18(15-22)21-20(23)12-14-26(24,25)19-9-5-6-10-19/h2-4,7-8,16,18-19H,5-6,9-15H2,1H3,(H,21,23)/t16-,18+/m0/s1. The van der Waals surface area contributed by atoms with Gasteiger partial charge in [-0.05, 0) is 31.7 Å². The number of rotatable bonds is 7. The average Bonchev–Trinajstić information content (AvgIpc) is 3.33. The van der Waals surface area contributed by atoms with Gasteiger partial charge >= 0.3 is 0 Å². The van der Waals surface area contributed by atoms with E-state index in [-0.39, 0.29) is 29.4 Å². The maximum Gasteiger partial charge on any atom is 0.221 e. The quantitative estimate of drug-likeness (QED) is 0.792. The predicted octanol–water partition coefficient (Wildman–Crippen LogP) is 2.69. The fourth-order valence-electron chi connectivity index (χ4n) is 4.15. The molecule has 0 spiro atoms. The SMILES string of the molecule is C[C@@H](c1ccccc1)N1CC[C@@H](NC(=O)CCS(=O)(=O)C2CCCC2)C1. The van der Waals surface area contributed by atoms with Gasteiger partial charge in [0.2, 0.25) is 5.91 Å². The highest BCUT2D eigenvalue weighted by atomic mass is 32.2. The second-order valence-corrected chi connectivity index (χ2v) is 10.1. The minimum Gasteiger partial charge on any atom is -0.352 e. The molecule has 0 unspecified atom stereocenters. The maximum atomic E-state index is 12.3. The minimum absolute atomic E-state index is 0.0135. The van der Waals surface area contributed by atoms with Gasteiger partial charge in [-0.1, -0.05) is 43.2 Å². The van der Waals surface area contributed by atoms with Gasteiger partial charge in [0.05, 0.1) is 11.0 Å². The van der Waals surface area contributed by atoms with E-state index in [1.807, 2.05) is 18.2 Å². The first-order chi connectivity index (χ1) is 12.5. The molecule has 1 aliphatic carbocycles.